The van der Waals surface area contributed by atoms with E-state index in [9.17, 15) is 4.79 Å². The van der Waals surface area contributed by atoms with Gasteiger partial charge < -0.3 is 15.1 Å². The topological polar surface area (TPSA) is 35.6 Å². The van der Waals surface area contributed by atoms with Gasteiger partial charge in [-0.2, -0.15) is 0 Å². The van der Waals surface area contributed by atoms with Crippen molar-refractivity contribution in [1.29, 1.82) is 0 Å². The Hall–Kier alpha value is -0.610. The highest BCUT2D eigenvalue weighted by molar-refractivity contribution is 5.78. The summed E-state index contributed by atoms with van der Waals surface area (Å²) >= 11 is 0. The molecule has 1 aliphatic rings. The molecule has 16 heavy (non-hydrogen) atoms. The maximum atomic E-state index is 11.8. The van der Waals surface area contributed by atoms with E-state index in [0.717, 1.165) is 26.1 Å². The van der Waals surface area contributed by atoms with Gasteiger partial charge in [0.15, 0.2) is 0 Å². The van der Waals surface area contributed by atoms with Crippen LogP contribution >= 0.6 is 0 Å². The van der Waals surface area contributed by atoms with E-state index in [2.05, 4.69) is 24.3 Å². The molecule has 0 atom stereocenters. The number of nitrogens with one attached hydrogen (secondary N) is 1. The summed E-state index contributed by atoms with van der Waals surface area (Å²) < 4.78 is 0. The summed E-state index contributed by atoms with van der Waals surface area (Å²) in [5, 5.41) is 3.27. The van der Waals surface area contributed by atoms with Gasteiger partial charge in [0.25, 0.3) is 0 Å². The lowest BCUT2D eigenvalue weighted by molar-refractivity contribution is -0.130. The van der Waals surface area contributed by atoms with Gasteiger partial charge in [0, 0.05) is 19.1 Å². The molecule has 1 amide bonds. The van der Waals surface area contributed by atoms with Crippen LogP contribution in [0.25, 0.3) is 0 Å². The van der Waals surface area contributed by atoms with Crippen molar-refractivity contribution in [2.24, 2.45) is 0 Å². The Morgan fingerprint density at radius 1 is 1.31 bits per heavy atom. The predicted octanol–water partition coefficient (Wildman–Crippen LogP) is 0.539. The molecule has 0 saturated heterocycles. The molecule has 1 aliphatic carbocycles. The molecule has 0 aromatic heterocycles. The number of hydrogen-bond donors (Lipinski definition) is 1. The number of rotatable bonds is 8. The number of nitrogens with zero attached hydrogens (tertiary/aromatic N) is 2. The molecule has 94 valence electrons. The lowest BCUT2D eigenvalue weighted by atomic mass is 10.3. The summed E-state index contributed by atoms with van der Waals surface area (Å²) in [6.45, 7) is 5.30. The van der Waals surface area contributed by atoms with Crippen LogP contribution in [0.15, 0.2) is 0 Å². The van der Waals surface area contributed by atoms with E-state index in [1.807, 2.05) is 11.8 Å². The third-order valence-corrected chi connectivity index (χ3v) is 2.89. The van der Waals surface area contributed by atoms with Gasteiger partial charge in [-0.3, -0.25) is 4.79 Å². The number of hydrogen-bond acceptors (Lipinski definition) is 3. The number of carbonyl (C=O) groups excluding carboxylic acids is 1. The molecule has 1 fully saturated rings. The molecule has 0 heterocycles. The van der Waals surface area contributed by atoms with Crippen molar-refractivity contribution < 1.29 is 4.79 Å². The molecule has 1 rings (SSSR count). The molecule has 4 nitrogen and oxygen atoms in total. The maximum Gasteiger partial charge on any atom is 0.236 e. The van der Waals surface area contributed by atoms with Crippen LogP contribution in [0, 0.1) is 0 Å². The highest BCUT2D eigenvalue weighted by Gasteiger charge is 2.22. The van der Waals surface area contributed by atoms with Crippen LogP contribution in [0.2, 0.25) is 0 Å². The Bertz CT molecular complexity index is 214. The summed E-state index contributed by atoms with van der Waals surface area (Å²) in [5.74, 6) is 0.244. The Balaban J connectivity index is 2.14. The van der Waals surface area contributed by atoms with E-state index in [1.54, 1.807) is 0 Å². The van der Waals surface area contributed by atoms with Crippen LogP contribution in [0.3, 0.4) is 0 Å². The minimum atomic E-state index is 0.244. The van der Waals surface area contributed by atoms with Crippen molar-refractivity contribution in [1.82, 2.24) is 15.1 Å². The van der Waals surface area contributed by atoms with Gasteiger partial charge in [-0.25, -0.2) is 0 Å². The fourth-order valence-electron chi connectivity index (χ4n) is 1.67. The maximum absolute atomic E-state index is 11.8. The first-order valence-corrected chi connectivity index (χ1v) is 6.29. The van der Waals surface area contributed by atoms with Crippen molar-refractivity contribution >= 4 is 5.91 Å². The fraction of sp³-hybridized carbons (Fsp3) is 0.917. The van der Waals surface area contributed by atoms with Gasteiger partial charge in [-0.05, 0) is 46.8 Å². The second kappa shape index (κ2) is 6.86. The second-order valence-corrected chi connectivity index (χ2v) is 4.79. The molecule has 0 radical (unpaired) electrons. The fourth-order valence-corrected chi connectivity index (χ4v) is 1.67. The third kappa shape index (κ3) is 5.47. The first-order chi connectivity index (χ1) is 7.63. The SMILES string of the molecule is CCN(CCCN(C)C)C(=O)CNC1CC1. The van der Waals surface area contributed by atoms with Crippen LogP contribution in [0.1, 0.15) is 26.2 Å². The monoisotopic (exact) mass is 227 g/mol. The normalized spacial score (nSPS) is 15.5. The standard InChI is InChI=1S/C12H25N3O/c1-4-15(9-5-8-14(2)3)12(16)10-13-11-6-7-11/h11,13H,4-10H2,1-3H3. The molecular formula is C12H25N3O. The molecule has 0 bridgehead atoms. The number of amides is 1. The first kappa shape index (κ1) is 13.5. The lowest BCUT2D eigenvalue weighted by Gasteiger charge is -2.22. The Morgan fingerprint density at radius 2 is 2.00 bits per heavy atom. The van der Waals surface area contributed by atoms with E-state index in [1.165, 1.54) is 12.8 Å². The summed E-state index contributed by atoms with van der Waals surface area (Å²) in [6.07, 6.45) is 3.52. The van der Waals surface area contributed by atoms with Crippen LogP contribution in [0.5, 0.6) is 0 Å². The highest BCUT2D eigenvalue weighted by Crippen LogP contribution is 2.18. The van der Waals surface area contributed by atoms with E-state index in [-0.39, 0.29) is 5.91 Å². The van der Waals surface area contributed by atoms with Crippen LogP contribution in [-0.2, 0) is 4.79 Å². The van der Waals surface area contributed by atoms with Gasteiger partial charge in [0.1, 0.15) is 0 Å². The molecular weight excluding hydrogens is 202 g/mol. The molecule has 0 aromatic carbocycles. The van der Waals surface area contributed by atoms with Crippen molar-refractivity contribution in [2.75, 3.05) is 40.3 Å². The van der Waals surface area contributed by atoms with E-state index < -0.39 is 0 Å². The molecule has 0 spiro atoms. The van der Waals surface area contributed by atoms with Gasteiger partial charge in [-0.15, -0.1) is 0 Å². The van der Waals surface area contributed by atoms with Crippen molar-refractivity contribution in [2.45, 2.75) is 32.2 Å². The van der Waals surface area contributed by atoms with Gasteiger partial charge in [0.05, 0.1) is 6.54 Å². The van der Waals surface area contributed by atoms with Gasteiger partial charge >= 0.3 is 0 Å². The van der Waals surface area contributed by atoms with Crippen LogP contribution < -0.4 is 5.32 Å². The molecule has 1 N–H and O–H groups in total. The zero-order valence-electron chi connectivity index (χ0n) is 10.8. The molecule has 4 heteroatoms. The van der Waals surface area contributed by atoms with Crippen LogP contribution in [0.4, 0.5) is 0 Å². The minimum absolute atomic E-state index is 0.244. The van der Waals surface area contributed by atoms with E-state index in [4.69, 9.17) is 0 Å². The summed E-state index contributed by atoms with van der Waals surface area (Å²) in [5.41, 5.74) is 0. The second-order valence-electron chi connectivity index (χ2n) is 4.79. The highest BCUT2D eigenvalue weighted by atomic mass is 16.2. The summed E-state index contributed by atoms with van der Waals surface area (Å²) in [6, 6.07) is 0.615. The molecule has 0 unspecified atom stereocenters. The average molecular weight is 227 g/mol. The van der Waals surface area contributed by atoms with E-state index in [0.29, 0.717) is 12.6 Å². The van der Waals surface area contributed by atoms with E-state index >= 15 is 0 Å². The van der Waals surface area contributed by atoms with Gasteiger partial charge in [0.2, 0.25) is 5.91 Å². The molecule has 0 aliphatic heterocycles. The quantitative estimate of drug-likeness (QED) is 0.657. The summed E-state index contributed by atoms with van der Waals surface area (Å²) in [4.78, 5) is 15.9. The average Bonchev–Trinajstić information content (AvgIpc) is 3.04. The predicted molar refractivity (Wildman–Crippen MR) is 66.4 cm³/mol. The summed E-state index contributed by atoms with van der Waals surface area (Å²) in [7, 11) is 4.12. The van der Waals surface area contributed by atoms with Gasteiger partial charge in [-0.1, -0.05) is 0 Å². The van der Waals surface area contributed by atoms with Crippen molar-refractivity contribution in [3.05, 3.63) is 0 Å². The van der Waals surface area contributed by atoms with Crippen molar-refractivity contribution in [3.63, 3.8) is 0 Å². The third-order valence-electron chi connectivity index (χ3n) is 2.89. The largest absolute Gasteiger partial charge is 0.342 e. The Kier molecular flexibility index (Phi) is 5.77. The minimum Gasteiger partial charge on any atom is -0.342 e. The lowest BCUT2D eigenvalue weighted by Crippen LogP contribution is -2.39. The molecule has 1 saturated carbocycles. The van der Waals surface area contributed by atoms with Crippen LogP contribution in [-0.4, -0.2) is 62.0 Å². The zero-order chi connectivity index (χ0) is 12.0. The van der Waals surface area contributed by atoms with Crippen molar-refractivity contribution in [3.8, 4) is 0 Å². The Morgan fingerprint density at radius 3 is 2.50 bits per heavy atom. The first-order valence-electron chi connectivity index (χ1n) is 6.29. The number of carbonyl (C=O) groups is 1. The molecule has 0 aromatic rings. The number of likely N-dealkylation sites (N-methyl/N-ethyl adjacent to an activating group) is 1. The smallest absolute Gasteiger partial charge is 0.236 e. The Labute approximate surface area is 99.0 Å². The zero-order valence-corrected chi connectivity index (χ0v) is 10.8.